The third kappa shape index (κ3) is 4.47. The second-order valence-corrected chi connectivity index (χ2v) is 11.4. The van der Waals surface area contributed by atoms with Crippen molar-refractivity contribution in [3.05, 3.63) is 45.7 Å². The van der Waals surface area contributed by atoms with Crippen molar-refractivity contribution in [2.75, 3.05) is 39.8 Å². The van der Waals surface area contributed by atoms with Crippen LogP contribution in [0, 0.1) is 12.3 Å². The molecule has 0 aliphatic carbocycles. The van der Waals surface area contributed by atoms with Crippen molar-refractivity contribution in [1.29, 1.82) is 0 Å². The third-order valence-electron chi connectivity index (χ3n) is 8.82. The SMILES string of the molecule is CC1=C(N2CCC(C)(CC3CN(C)CC(C)N3C[C@@H](O)c3ccc4c(c3C)COC4=O)C2=O)COC1=O. The lowest BCUT2D eigenvalue weighted by atomic mass is 9.80. The summed E-state index contributed by atoms with van der Waals surface area (Å²) in [5, 5.41) is 11.4. The molecule has 0 bridgehead atoms. The number of likely N-dealkylation sites (N-methyl/N-ethyl adjacent to an activating group) is 1. The van der Waals surface area contributed by atoms with Crippen LogP contribution < -0.4 is 0 Å². The van der Waals surface area contributed by atoms with Crippen LogP contribution >= 0.6 is 0 Å². The summed E-state index contributed by atoms with van der Waals surface area (Å²) in [5.74, 6) is -0.618. The van der Waals surface area contributed by atoms with Crippen LogP contribution in [0.2, 0.25) is 0 Å². The van der Waals surface area contributed by atoms with Crippen molar-refractivity contribution < 1.29 is 29.0 Å². The van der Waals surface area contributed by atoms with Crippen LogP contribution in [0.25, 0.3) is 0 Å². The minimum Gasteiger partial charge on any atom is -0.457 e. The lowest BCUT2D eigenvalue weighted by molar-refractivity contribution is -0.138. The molecular formula is C28H37N3O6. The molecule has 4 aliphatic heterocycles. The zero-order chi connectivity index (χ0) is 26.6. The zero-order valence-corrected chi connectivity index (χ0v) is 22.4. The van der Waals surface area contributed by atoms with Gasteiger partial charge < -0.3 is 24.4 Å². The Labute approximate surface area is 218 Å². The molecule has 1 amide bonds. The number of aliphatic hydroxyl groups is 1. The fourth-order valence-corrected chi connectivity index (χ4v) is 6.60. The van der Waals surface area contributed by atoms with E-state index in [-0.39, 0.29) is 43.1 Å². The summed E-state index contributed by atoms with van der Waals surface area (Å²) in [6, 6.07) is 3.86. The highest BCUT2D eigenvalue weighted by atomic mass is 16.5. The quantitative estimate of drug-likeness (QED) is 0.580. The maximum absolute atomic E-state index is 13.6. The third-order valence-corrected chi connectivity index (χ3v) is 8.82. The van der Waals surface area contributed by atoms with Crippen LogP contribution in [0.1, 0.15) is 66.8 Å². The number of ether oxygens (including phenoxy) is 2. The Hall–Kier alpha value is -2.75. The molecule has 9 nitrogen and oxygen atoms in total. The number of hydrogen-bond donors (Lipinski definition) is 1. The average molecular weight is 512 g/mol. The molecule has 5 rings (SSSR count). The van der Waals surface area contributed by atoms with Gasteiger partial charge in [-0.25, -0.2) is 9.59 Å². The van der Waals surface area contributed by atoms with Gasteiger partial charge in [-0.2, -0.15) is 0 Å². The molecule has 1 aromatic carbocycles. The summed E-state index contributed by atoms with van der Waals surface area (Å²) in [5.41, 5.74) is 3.79. The second kappa shape index (κ2) is 9.53. The van der Waals surface area contributed by atoms with Gasteiger partial charge >= 0.3 is 11.9 Å². The minimum absolute atomic E-state index is 0.0423. The number of rotatable bonds is 6. The topological polar surface area (TPSA) is 99.6 Å². The number of carbonyl (C=O) groups excluding carboxylic acids is 3. The van der Waals surface area contributed by atoms with Gasteiger partial charge in [0.05, 0.1) is 28.4 Å². The van der Waals surface area contributed by atoms with Gasteiger partial charge in [0.1, 0.15) is 13.2 Å². The first-order valence-electron chi connectivity index (χ1n) is 13.1. The number of hydrogen-bond acceptors (Lipinski definition) is 8. The van der Waals surface area contributed by atoms with Gasteiger partial charge in [-0.15, -0.1) is 0 Å². The fourth-order valence-electron chi connectivity index (χ4n) is 6.60. The number of cyclic esters (lactones) is 2. The van der Waals surface area contributed by atoms with Crippen LogP contribution in [0.4, 0.5) is 0 Å². The molecule has 9 heteroatoms. The van der Waals surface area contributed by atoms with E-state index in [0.29, 0.717) is 42.8 Å². The first kappa shape index (κ1) is 25.9. The highest BCUT2D eigenvalue weighted by molar-refractivity contribution is 5.94. The molecule has 1 N–H and O–H groups in total. The summed E-state index contributed by atoms with van der Waals surface area (Å²) >= 11 is 0. The molecule has 4 atom stereocenters. The molecule has 0 spiro atoms. The van der Waals surface area contributed by atoms with Gasteiger partial charge in [0.15, 0.2) is 0 Å². The van der Waals surface area contributed by atoms with Crippen LogP contribution in [-0.4, -0.2) is 89.6 Å². The maximum atomic E-state index is 13.6. The Morgan fingerprint density at radius 3 is 2.54 bits per heavy atom. The summed E-state index contributed by atoms with van der Waals surface area (Å²) in [7, 11) is 2.10. The van der Waals surface area contributed by atoms with Gasteiger partial charge in [0.25, 0.3) is 0 Å². The van der Waals surface area contributed by atoms with Crippen molar-refractivity contribution in [2.24, 2.45) is 5.41 Å². The van der Waals surface area contributed by atoms with E-state index in [2.05, 4.69) is 23.8 Å². The van der Waals surface area contributed by atoms with E-state index in [9.17, 15) is 19.5 Å². The summed E-state index contributed by atoms with van der Waals surface area (Å²) in [4.78, 5) is 43.8. The fraction of sp³-hybridized carbons (Fsp3) is 0.607. The average Bonchev–Trinajstić information content (AvgIpc) is 3.47. The number of carbonyl (C=O) groups is 3. The van der Waals surface area contributed by atoms with Crippen LogP contribution in [0.3, 0.4) is 0 Å². The van der Waals surface area contributed by atoms with E-state index < -0.39 is 11.5 Å². The molecule has 2 saturated heterocycles. The second-order valence-electron chi connectivity index (χ2n) is 11.4. The zero-order valence-electron chi connectivity index (χ0n) is 22.4. The molecule has 200 valence electrons. The standard InChI is InChI=1S/C28H37N3O6/c1-16-11-29(5)12-19(10-28(4)8-9-30(27(28)35)23-15-37-25(33)18(23)3)31(16)13-24(32)20-6-7-21-22(17(20)2)14-36-26(21)34/h6-7,16,19,24,32H,8-15H2,1-5H3/t16?,19?,24-,28?/m1/s1. The van der Waals surface area contributed by atoms with E-state index in [1.165, 1.54) is 0 Å². The van der Waals surface area contributed by atoms with Crippen LogP contribution in [0.5, 0.6) is 0 Å². The molecule has 0 aromatic heterocycles. The molecule has 1 aromatic rings. The van der Waals surface area contributed by atoms with E-state index >= 15 is 0 Å². The molecule has 0 saturated carbocycles. The number of nitrogens with zero attached hydrogens (tertiary/aromatic N) is 3. The van der Waals surface area contributed by atoms with Crippen molar-refractivity contribution in [3.63, 3.8) is 0 Å². The number of benzene rings is 1. The molecule has 2 fully saturated rings. The molecule has 4 heterocycles. The summed E-state index contributed by atoms with van der Waals surface area (Å²) < 4.78 is 10.3. The molecule has 4 aliphatic rings. The van der Waals surface area contributed by atoms with Gasteiger partial charge in [-0.3, -0.25) is 9.69 Å². The van der Waals surface area contributed by atoms with Crippen molar-refractivity contribution >= 4 is 17.8 Å². The van der Waals surface area contributed by atoms with E-state index in [1.54, 1.807) is 17.9 Å². The smallest absolute Gasteiger partial charge is 0.338 e. The van der Waals surface area contributed by atoms with Crippen molar-refractivity contribution in [2.45, 2.75) is 65.3 Å². The van der Waals surface area contributed by atoms with Gasteiger partial charge in [0.2, 0.25) is 5.91 Å². The molecule has 37 heavy (non-hydrogen) atoms. The number of likely N-dealkylation sites (tertiary alicyclic amines) is 1. The molecule has 0 radical (unpaired) electrons. The highest BCUT2D eigenvalue weighted by Gasteiger charge is 2.48. The largest absolute Gasteiger partial charge is 0.457 e. The Bertz CT molecular complexity index is 1180. The highest BCUT2D eigenvalue weighted by Crippen LogP contribution is 2.41. The van der Waals surface area contributed by atoms with Gasteiger partial charge in [-0.05, 0) is 57.9 Å². The monoisotopic (exact) mass is 511 g/mol. The Kier molecular flexibility index (Phi) is 6.66. The Balaban J connectivity index is 1.35. The predicted molar refractivity (Wildman–Crippen MR) is 135 cm³/mol. The van der Waals surface area contributed by atoms with E-state index in [1.807, 2.05) is 19.9 Å². The first-order chi connectivity index (χ1) is 17.5. The maximum Gasteiger partial charge on any atom is 0.338 e. The van der Waals surface area contributed by atoms with Crippen molar-refractivity contribution in [3.8, 4) is 0 Å². The van der Waals surface area contributed by atoms with E-state index in [0.717, 1.165) is 29.8 Å². The normalized spacial score (nSPS) is 29.7. The lowest BCUT2D eigenvalue weighted by Crippen LogP contribution is -2.59. The van der Waals surface area contributed by atoms with Crippen molar-refractivity contribution in [1.82, 2.24) is 14.7 Å². The Morgan fingerprint density at radius 1 is 1.11 bits per heavy atom. The molecular weight excluding hydrogens is 474 g/mol. The number of piperazine rings is 1. The summed E-state index contributed by atoms with van der Waals surface area (Å²) in [6.45, 7) is 10.9. The van der Waals surface area contributed by atoms with E-state index in [4.69, 9.17) is 9.47 Å². The lowest BCUT2D eigenvalue weighted by Gasteiger charge is -2.47. The number of fused-ring (bicyclic) bond motifs is 1. The van der Waals surface area contributed by atoms with Gasteiger partial charge in [0, 0.05) is 43.8 Å². The number of esters is 2. The first-order valence-corrected chi connectivity index (χ1v) is 13.1. The minimum atomic E-state index is -0.729. The number of aliphatic hydroxyl groups excluding tert-OH is 1. The van der Waals surface area contributed by atoms with Gasteiger partial charge in [-0.1, -0.05) is 13.0 Å². The molecule has 3 unspecified atom stereocenters. The predicted octanol–water partition coefficient (Wildman–Crippen LogP) is 2.16. The number of amides is 1. The van der Waals surface area contributed by atoms with Crippen LogP contribution in [0.15, 0.2) is 23.4 Å². The number of β-amino-alcohol motifs (C(OH)–C–C–N with tert-alkyl or cyclic N) is 1. The van der Waals surface area contributed by atoms with Crippen LogP contribution in [-0.2, 0) is 25.7 Å². The Morgan fingerprint density at radius 2 is 1.84 bits per heavy atom. The summed E-state index contributed by atoms with van der Waals surface area (Å²) in [6.07, 6.45) is 0.642.